The second-order valence-electron chi connectivity index (χ2n) is 8.24. The number of para-hydroxylation sites is 1. The molecule has 1 saturated heterocycles. The Balaban J connectivity index is 1.22. The van der Waals surface area contributed by atoms with Gasteiger partial charge in [-0.2, -0.15) is 5.21 Å². The van der Waals surface area contributed by atoms with Crippen LogP contribution in [0.5, 0.6) is 0 Å². The SMILES string of the molecule is Fc1cc(-c2nn[nH]n2)c(N2CCN(Cc3nc4ccccc4s3)CC2)cc1C1CC1. The molecule has 2 aliphatic rings. The third-order valence-electron chi connectivity index (χ3n) is 6.13. The van der Waals surface area contributed by atoms with Gasteiger partial charge in [0.1, 0.15) is 10.8 Å². The number of hydrogen-bond acceptors (Lipinski definition) is 7. The molecule has 3 heterocycles. The fourth-order valence-corrected chi connectivity index (χ4v) is 5.34. The highest BCUT2D eigenvalue weighted by Crippen LogP contribution is 2.44. The first-order chi connectivity index (χ1) is 15.2. The molecule has 0 radical (unpaired) electrons. The zero-order valence-electron chi connectivity index (χ0n) is 17.0. The van der Waals surface area contributed by atoms with Crippen LogP contribution < -0.4 is 4.90 Å². The number of aromatic amines is 1. The third kappa shape index (κ3) is 3.68. The Labute approximate surface area is 182 Å². The summed E-state index contributed by atoms with van der Waals surface area (Å²) >= 11 is 1.77. The molecule has 1 aliphatic heterocycles. The maximum Gasteiger partial charge on any atom is 0.206 e. The fourth-order valence-electron chi connectivity index (χ4n) is 4.33. The van der Waals surface area contributed by atoms with Crippen molar-refractivity contribution in [3.05, 3.63) is 52.8 Å². The van der Waals surface area contributed by atoms with E-state index in [-0.39, 0.29) is 5.82 Å². The first-order valence-electron chi connectivity index (χ1n) is 10.6. The van der Waals surface area contributed by atoms with Gasteiger partial charge in [0.15, 0.2) is 0 Å². The van der Waals surface area contributed by atoms with Crippen molar-refractivity contribution in [3.8, 4) is 11.4 Å². The number of rotatable bonds is 5. The molecule has 1 aliphatic carbocycles. The number of thiazole rings is 1. The molecule has 1 saturated carbocycles. The monoisotopic (exact) mass is 435 g/mol. The Kier molecular flexibility index (Phi) is 4.65. The molecule has 7 nitrogen and oxygen atoms in total. The van der Waals surface area contributed by atoms with Crippen molar-refractivity contribution in [1.29, 1.82) is 0 Å². The smallest absolute Gasteiger partial charge is 0.206 e. The minimum absolute atomic E-state index is 0.166. The van der Waals surface area contributed by atoms with E-state index in [1.54, 1.807) is 17.4 Å². The van der Waals surface area contributed by atoms with E-state index >= 15 is 0 Å². The summed E-state index contributed by atoms with van der Waals surface area (Å²) in [6, 6.07) is 11.9. The maximum atomic E-state index is 14.8. The highest BCUT2D eigenvalue weighted by atomic mass is 32.1. The summed E-state index contributed by atoms with van der Waals surface area (Å²) < 4.78 is 16.0. The van der Waals surface area contributed by atoms with E-state index in [0.29, 0.717) is 17.3 Å². The highest BCUT2D eigenvalue weighted by molar-refractivity contribution is 7.18. The van der Waals surface area contributed by atoms with Crippen LogP contribution in [-0.2, 0) is 6.54 Å². The topological polar surface area (TPSA) is 73.8 Å². The van der Waals surface area contributed by atoms with Crippen molar-refractivity contribution >= 4 is 27.2 Å². The summed E-state index contributed by atoms with van der Waals surface area (Å²) in [4.78, 5) is 9.54. The predicted octanol–water partition coefficient (Wildman–Crippen LogP) is 3.82. The molecule has 0 bridgehead atoms. The highest BCUT2D eigenvalue weighted by Gasteiger charge is 2.30. The number of anilines is 1. The van der Waals surface area contributed by atoms with Crippen LogP contribution in [0.25, 0.3) is 21.6 Å². The molecular weight excluding hydrogens is 413 g/mol. The van der Waals surface area contributed by atoms with Gasteiger partial charge in [-0.05, 0) is 53.8 Å². The van der Waals surface area contributed by atoms with Crippen molar-refractivity contribution in [3.63, 3.8) is 0 Å². The maximum absolute atomic E-state index is 14.8. The average molecular weight is 436 g/mol. The van der Waals surface area contributed by atoms with Crippen LogP contribution in [0, 0.1) is 5.82 Å². The Hall–Kier alpha value is -2.91. The van der Waals surface area contributed by atoms with Gasteiger partial charge < -0.3 is 4.90 Å². The first kappa shape index (κ1) is 18.8. The van der Waals surface area contributed by atoms with Crippen molar-refractivity contribution in [2.24, 2.45) is 0 Å². The Morgan fingerprint density at radius 3 is 2.68 bits per heavy atom. The largest absolute Gasteiger partial charge is 0.368 e. The lowest BCUT2D eigenvalue weighted by atomic mass is 10.0. The zero-order valence-corrected chi connectivity index (χ0v) is 17.8. The number of fused-ring (bicyclic) bond motifs is 1. The third-order valence-corrected chi connectivity index (χ3v) is 7.15. The van der Waals surface area contributed by atoms with E-state index in [4.69, 9.17) is 4.98 Å². The lowest BCUT2D eigenvalue weighted by Gasteiger charge is -2.36. The van der Waals surface area contributed by atoms with E-state index in [0.717, 1.165) is 67.3 Å². The van der Waals surface area contributed by atoms with Crippen LogP contribution in [0.3, 0.4) is 0 Å². The van der Waals surface area contributed by atoms with Gasteiger partial charge in [-0.25, -0.2) is 9.37 Å². The molecule has 2 aromatic heterocycles. The molecule has 4 aromatic rings. The van der Waals surface area contributed by atoms with Gasteiger partial charge in [0, 0.05) is 37.4 Å². The Morgan fingerprint density at radius 1 is 1.10 bits per heavy atom. The van der Waals surface area contributed by atoms with Gasteiger partial charge in [0.05, 0.1) is 16.8 Å². The van der Waals surface area contributed by atoms with Crippen LogP contribution in [0.1, 0.15) is 29.3 Å². The molecule has 158 valence electrons. The van der Waals surface area contributed by atoms with Crippen LogP contribution in [0.2, 0.25) is 0 Å². The number of tetrazole rings is 1. The van der Waals surface area contributed by atoms with E-state index in [2.05, 4.69) is 48.6 Å². The normalized spacial score (nSPS) is 17.5. The number of nitrogens with one attached hydrogen (secondary N) is 1. The summed E-state index contributed by atoms with van der Waals surface area (Å²) in [5, 5.41) is 15.5. The molecule has 0 spiro atoms. The van der Waals surface area contributed by atoms with Gasteiger partial charge in [-0.3, -0.25) is 4.90 Å². The molecule has 1 N–H and O–H groups in total. The van der Waals surface area contributed by atoms with Gasteiger partial charge in [0.2, 0.25) is 5.82 Å². The molecule has 9 heteroatoms. The molecule has 0 amide bonds. The Bertz CT molecular complexity index is 1180. The molecule has 2 fully saturated rings. The lowest BCUT2D eigenvalue weighted by molar-refractivity contribution is 0.249. The molecule has 31 heavy (non-hydrogen) atoms. The number of aromatic nitrogens is 5. The first-order valence-corrected chi connectivity index (χ1v) is 11.5. The molecule has 2 aromatic carbocycles. The standard InChI is InChI=1S/C22H22FN7S/c23-17-11-16(22-25-27-28-26-22)19(12-15(17)14-5-6-14)30-9-7-29(8-10-30)13-21-24-18-3-1-2-4-20(18)31-21/h1-4,11-12,14H,5-10,13H2,(H,25,26,27,28). The van der Waals surface area contributed by atoms with E-state index in [1.165, 1.54) is 4.70 Å². The molecule has 0 unspecified atom stereocenters. The zero-order chi connectivity index (χ0) is 20.8. The minimum atomic E-state index is -0.166. The molecule has 6 rings (SSSR count). The van der Waals surface area contributed by atoms with Gasteiger partial charge in [0.25, 0.3) is 0 Å². The lowest BCUT2D eigenvalue weighted by Crippen LogP contribution is -2.46. The van der Waals surface area contributed by atoms with Crippen molar-refractivity contribution < 1.29 is 4.39 Å². The number of hydrogen-bond donors (Lipinski definition) is 1. The number of halogens is 1. The van der Waals surface area contributed by atoms with Crippen molar-refractivity contribution in [2.45, 2.75) is 25.3 Å². The second-order valence-corrected chi connectivity index (χ2v) is 9.35. The van der Waals surface area contributed by atoms with Crippen LogP contribution in [0.4, 0.5) is 10.1 Å². The van der Waals surface area contributed by atoms with Gasteiger partial charge >= 0.3 is 0 Å². The molecular formula is C22H22FN7S. The minimum Gasteiger partial charge on any atom is -0.368 e. The number of nitrogens with zero attached hydrogens (tertiary/aromatic N) is 6. The molecule has 0 atom stereocenters. The fraction of sp³-hybridized carbons (Fsp3) is 0.364. The summed E-state index contributed by atoms with van der Waals surface area (Å²) in [6.07, 6.45) is 2.13. The Morgan fingerprint density at radius 2 is 1.94 bits per heavy atom. The summed E-state index contributed by atoms with van der Waals surface area (Å²) in [5.74, 6) is 0.618. The summed E-state index contributed by atoms with van der Waals surface area (Å²) in [6.45, 7) is 4.45. The second kappa shape index (κ2) is 7.65. The summed E-state index contributed by atoms with van der Waals surface area (Å²) in [5.41, 5.74) is 3.60. The quantitative estimate of drug-likeness (QED) is 0.514. The summed E-state index contributed by atoms with van der Waals surface area (Å²) in [7, 11) is 0. The van der Waals surface area contributed by atoms with Gasteiger partial charge in [-0.1, -0.05) is 12.1 Å². The van der Waals surface area contributed by atoms with Crippen molar-refractivity contribution in [2.75, 3.05) is 31.1 Å². The number of H-pyrrole nitrogens is 1. The van der Waals surface area contributed by atoms with E-state index in [9.17, 15) is 4.39 Å². The van der Waals surface area contributed by atoms with Gasteiger partial charge in [-0.15, -0.1) is 21.5 Å². The average Bonchev–Trinajstić information content (AvgIpc) is 3.31. The van der Waals surface area contributed by atoms with Crippen LogP contribution in [-0.4, -0.2) is 56.7 Å². The number of benzene rings is 2. The van der Waals surface area contributed by atoms with Crippen LogP contribution >= 0.6 is 11.3 Å². The van der Waals surface area contributed by atoms with E-state index in [1.807, 2.05) is 12.1 Å². The van der Waals surface area contributed by atoms with E-state index < -0.39 is 0 Å². The van der Waals surface area contributed by atoms with Crippen LogP contribution in [0.15, 0.2) is 36.4 Å². The van der Waals surface area contributed by atoms with Crippen molar-refractivity contribution in [1.82, 2.24) is 30.5 Å². The predicted molar refractivity (Wildman–Crippen MR) is 119 cm³/mol. The number of piperazine rings is 1.